The Kier molecular flexibility index (Phi) is 8.01. The highest BCUT2D eigenvalue weighted by Gasteiger charge is 2.68. The third-order valence-corrected chi connectivity index (χ3v) is 10.5. The van der Waals surface area contributed by atoms with Crippen molar-refractivity contribution in [1.29, 1.82) is 0 Å². The number of hydrogen-bond donors (Lipinski definition) is 2. The number of ether oxygens (including phenoxy) is 1. The number of hydrogen-bond acceptors (Lipinski definition) is 6. The number of rotatable bonds is 2. The third-order valence-electron chi connectivity index (χ3n) is 10.5. The zero-order valence-electron chi connectivity index (χ0n) is 25.6. The zero-order valence-corrected chi connectivity index (χ0v) is 25.6. The predicted octanol–water partition coefficient (Wildman–Crippen LogP) is 4.22. The maximum absolute atomic E-state index is 13.8. The lowest BCUT2D eigenvalue weighted by molar-refractivity contribution is -0.199. The van der Waals surface area contributed by atoms with Gasteiger partial charge in [0.15, 0.2) is 0 Å². The van der Waals surface area contributed by atoms with E-state index in [2.05, 4.69) is 38.3 Å². The molecule has 224 valence electrons. The fraction of sp³-hybridized carbons (Fsp3) is 0.900. The Bertz CT molecular complexity index is 1000. The molecule has 40 heavy (non-hydrogen) atoms. The summed E-state index contributed by atoms with van der Waals surface area (Å²) in [6.07, 6.45) is 7.16. The van der Waals surface area contributed by atoms with Gasteiger partial charge in [-0.15, -0.1) is 0 Å². The summed E-state index contributed by atoms with van der Waals surface area (Å²) < 4.78 is 18.8. The molecule has 3 saturated heterocycles. The molecule has 2 N–H and O–H groups in total. The Balaban J connectivity index is 1.32. The molecule has 2 bridgehead atoms. The molecule has 0 aromatic rings. The largest absolute Gasteiger partial charge is 0.481 e. The van der Waals surface area contributed by atoms with Gasteiger partial charge in [-0.3, -0.25) is 9.59 Å². The summed E-state index contributed by atoms with van der Waals surface area (Å²) in [5.41, 5.74) is -0.743. The second-order valence-corrected chi connectivity index (χ2v) is 15.0. The van der Waals surface area contributed by atoms with Gasteiger partial charge in [0.05, 0.1) is 17.6 Å². The first-order valence-corrected chi connectivity index (χ1v) is 15.6. The lowest BCUT2D eigenvalue weighted by Gasteiger charge is -2.64. The number of amides is 3. The SMILES string of the molecule is CC1CC2C(=O)NC(B3OC4CC5CC(C5(C)C)C4(C)O3)CCCCCCC(NC(=O)OC(C)(C)C)C(=O)N2C1. The number of nitrogens with zero attached hydrogens (tertiary/aromatic N) is 1. The molecular weight excluding hydrogens is 509 g/mol. The topological polar surface area (TPSA) is 106 Å². The maximum atomic E-state index is 13.8. The molecule has 3 heterocycles. The number of carbonyl (C=O) groups excluding carboxylic acids is 3. The van der Waals surface area contributed by atoms with Crippen LogP contribution in [0.2, 0.25) is 0 Å². The molecular formula is C30H50BN3O6. The minimum absolute atomic E-state index is 0.0556. The fourth-order valence-electron chi connectivity index (χ4n) is 8.14. The van der Waals surface area contributed by atoms with Gasteiger partial charge >= 0.3 is 13.2 Å². The summed E-state index contributed by atoms with van der Waals surface area (Å²) in [7, 11) is -0.483. The molecule has 0 spiro atoms. The smallest absolute Gasteiger partial charge is 0.444 e. The predicted molar refractivity (Wildman–Crippen MR) is 152 cm³/mol. The molecule has 0 aromatic carbocycles. The summed E-state index contributed by atoms with van der Waals surface area (Å²) in [6, 6.07) is -1.30. The van der Waals surface area contributed by atoms with Crippen molar-refractivity contribution < 1.29 is 28.4 Å². The van der Waals surface area contributed by atoms with E-state index in [0.29, 0.717) is 31.2 Å². The Labute approximate surface area is 240 Å². The van der Waals surface area contributed by atoms with E-state index in [4.69, 9.17) is 14.0 Å². The first-order chi connectivity index (χ1) is 18.7. The summed E-state index contributed by atoms with van der Waals surface area (Å²) in [4.78, 5) is 41.9. The lowest BCUT2D eigenvalue weighted by atomic mass is 9.43. The summed E-state index contributed by atoms with van der Waals surface area (Å²) in [6.45, 7) is 14.9. The van der Waals surface area contributed by atoms with Crippen LogP contribution in [0.3, 0.4) is 0 Å². The maximum Gasteiger partial charge on any atom is 0.481 e. The monoisotopic (exact) mass is 559 g/mol. The van der Waals surface area contributed by atoms with Gasteiger partial charge in [-0.25, -0.2) is 4.79 Å². The Morgan fingerprint density at radius 3 is 2.45 bits per heavy atom. The van der Waals surface area contributed by atoms with Gasteiger partial charge in [-0.2, -0.15) is 0 Å². The molecule has 8 atom stereocenters. The van der Waals surface area contributed by atoms with Crippen LogP contribution in [0, 0.1) is 23.2 Å². The number of fused-ring (bicyclic) bond motifs is 1. The molecule has 6 aliphatic rings. The second-order valence-electron chi connectivity index (χ2n) is 15.0. The minimum atomic E-state index is -0.716. The van der Waals surface area contributed by atoms with E-state index >= 15 is 0 Å². The Morgan fingerprint density at radius 1 is 1.07 bits per heavy atom. The van der Waals surface area contributed by atoms with Gasteiger partial charge in [-0.05, 0) is 83.0 Å². The van der Waals surface area contributed by atoms with Gasteiger partial charge in [0, 0.05) is 6.54 Å². The van der Waals surface area contributed by atoms with E-state index in [1.54, 1.807) is 25.7 Å². The molecule has 6 fully saturated rings. The highest BCUT2D eigenvalue weighted by Crippen LogP contribution is 2.65. The van der Waals surface area contributed by atoms with Crippen molar-refractivity contribution in [3.05, 3.63) is 0 Å². The second kappa shape index (κ2) is 10.8. The molecule has 10 heteroatoms. The van der Waals surface area contributed by atoms with Crippen molar-refractivity contribution in [3.8, 4) is 0 Å². The van der Waals surface area contributed by atoms with E-state index in [0.717, 1.165) is 38.5 Å². The van der Waals surface area contributed by atoms with Crippen molar-refractivity contribution in [2.75, 3.05) is 6.54 Å². The van der Waals surface area contributed by atoms with Crippen LogP contribution < -0.4 is 10.6 Å². The molecule has 3 saturated carbocycles. The van der Waals surface area contributed by atoms with Crippen molar-refractivity contribution in [3.63, 3.8) is 0 Å². The molecule has 9 nitrogen and oxygen atoms in total. The highest BCUT2D eigenvalue weighted by molar-refractivity contribution is 6.47. The zero-order chi connectivity index (χ0) is 29.0. The van der Waals surface area contributed by atoms with Crippen LogP contribution in [0.15, 0.2) is 0 Å². The van der Waals surface area contributed by atoms with E-state index in [1.807, 2.05) is 0 Å². The highest BCUT2D eigenvalue weighted by atomic mass is 16.7. The average Bonchev–Trinajstić information content (AvgIpc) is 3.41. The molecule has 3 aliphatic carbocycles. The van der Waals surface area contributed by atoms with Gasteiger partial charge < -0.3 is 29.6 Å². The quantitative estimate of drug-likeness (QED) is 0.491. The first-order valence-electron chi connectivity index (χ1n) is 15.6. The van der Waals surface area contributed by atoms with Crippen LogP contribution in [0.25, 0.3) is 0 Å². The Hall–Kier alpha value is -1.81. The molecule has 0 radical (unpaired) electrons. The molecule has 3 aliphatic heterocycles. The lowest BCUT2D eigenvalue weighted by Crippen LogP contribution is -2.65. The normalized spacial score (nSPS) is 40.0. The minimum Gasteiger partial charge on any atom is -0.444 e. The van der Waals surface area contributed by atoms with Crippen molar-refractivity contribution >= 4 is 25.0 Å². The fourth-order valence-corrected chi connectivity index (χ4v) is 8.14. The number of nitrogens with one attached hydrogen (secondary N) is 2. The van der Waals surface area contributed by atoms with Crippen LogP contribution in [0.5, 0.6) is 0 Å². The van der Waals surface area contributed by atoms with Crippen molar-refractivity contribution in [2.45, 2.75) is 142 Å². The van der Waals surface area contributed by atoms with Crippen LogP contribution in [-0.2, 0) is 23.6 Å². The van der Waals surface area contributed by atoms with Crippen molar-refractivity contribution in [1.82, 2.24) is 15.5 Å². The van der Waals surface area contributed by atoms with Crippen molar-refractivity contribution in [2.24, 2.45) is 23.2 Å². The average molecular weight is 560 g/mol. The summed E-state index contributed by atoms with van der Waals surface area (Å²) >= 11 is 0. The van der Waals surface area contributed by atoms with E-state index < -0.39 is 30.9 Å². The van der Waals surface area contributed by atoms with Crippen LogP contribution in [0.1, 0.15) is 106 Å². The van der Waals surface area contributed by atoms with Gasteiger partial charge in [-0.1, -0.05) is 46.5 Å². The van der Waals surface area contributed by atoms with Gasteiger partial charge in [0.2, 0.25) is 11.8 Å². The summed E-state index contributed by atoms with van der Waals surface area (Å²) in [5.74, 6) is 0.671. The number of carbonyl (C=O) groups is 3. The standard InChI is InChI=1S/C30H50BN3O6/c1-18-14-21-25(35)33-24(31-39-23-16-19-15-22(29(19,5)6)30(23,7)40-31)13-11-9-8-10-12-20(26(36)34(21)17-18)32-27(37)38-28(2,3)4/h18-24H,8-17H2,1-7H3,(H,32,37)(H,33,35). The van der Waals surface area contributed by atoms with E-state index in [9.17, 15) is 14.4 Å². The van der Waals surface area contributed by atoms with Gasteiger partial charge in [0.25, 0.3) is 0 Å². The molecule has 6 rings (SSSR count). The van der Waals surface area contributed by atoms with Crippen LogP contribution in [0.4, 0.5) is 4.79 Å². The third kappa shape index (κ3) is 5.64. The van der Waals surface area contributed by atoms with Crippen LogP contribution >= 0.6 is 0 Å². The summed E-state index contributed by atoms with van der Waals surface area (Å²) in [5, 5.41) is 6.09. The Morgan fingerprint density at radius 2 is 1.77 bits per heavy atom. The molecule has 8 unspecified atom stereocenters. The van der Waals surface area contributed by atoms with Gasteiger partial charge in [0.1, 0.15) is 17.7 Å². The molecule has 3 amide bonds. The van der Waals surface area contributed by atoms with Crippen LogP contribution in [-0.4, -0.2) is 71.8 Å². The first kappa shape index (κ1) is 29.7. The number of alkyl carbamates (subject to hydrolysis) is 1. The van der Waals surface area contributed by atoms with E-state index in [-0.39, 0.29) is 40.8 Å². The molecule has 0 aromatic heterocycles. The van der Waals surface area contributed by atoms with E-state index in [1.165, 1.54) is 6.42 Å².